The van der Waals surface area contributed by atoms with Gasteiger partial charge in [0.25, 0.3) is 0 Å². The molecule has 1 heterocycles. The molecule has 0 aromatic rings. The van der Waals surface area contributed by atoms with Gasteiger partial charge in [-0.15, -0.1) is 13.2 Å². The van der Waals surface area contributed by atoms with E-state index in [-0.39, 0.29) is 5.41 Å². The number of rotatable bonds is 5. The van der Waals surface area contributed by atoms with E-state index in [4.69, 9.17) is 11.6 Å². The van der Waals surface area contributed by atoms with Crippen molar-refractivity contribution >= 4 is 18.3 Å². The second kappa shape index (κ2) is 5.77. The molecule has 1 fully saturated rings. The summed E-state index contributed by atoms with van der Waals surface area (Å²) in [4.78, 5) is 0. The van der Waals surface area contributed by atoms with Gasteiger partial charge in [-0.3, -0.25) is 0 Å². The molecule has 0 spiro atoms. The molecule has 16 heavy (non-hydrogen) atoms. The van der Waals surface area contributed by atoms with Gasteiger partial charge in [0.15, 0.2) is 6.71 Å². The van der Waals surface area contributed by atoms with E-state index in [1.807, 2.05) is 17.7 Å². The summed E-state index contributed by atoms with van der Waals surface area (Å²) in [5.41, 5.74) is 3.46. The first-order chi connectivity index (χ1) is 7.56. The van der Waals surface area contributed by atoms with Crippen LogP contribution in [0, 0.1) is 5.41 Å². The molecule has 1 saturated heterocycles. The molecule has 88 valence electrons. The molecule has 0 radical (unpaired) electrons. The highest BCUT2D eigenvalue weighted by Gasteiger charge is 2.44. The van der Waals surface area contributed by atoms with Crippen molar-refractivity contribution in [1.29, 1.82) is 0 Å². The minimum atomic E-state index is 0.251. The Morgan fingerprint density at radius 1 is 1.44 bits per heavy atom. The number of hydrogen-bond donors (Lipinski definition) is 0. The predicted molar refractivity (Wildman–Crippen MR) is 76.3 cm³/mol. The lowest BCUT2D eigenvalue weighted by Crippen LogP contribution is -2.19. The van der Waals surface area contributed by atoms with Crippen LogP contribution < -0.4 is 0 Å². The Bertz CT molecular complexity index is 291. The summed E-state index contributed by atoms with van der Waals surface area (Å²) in [7, 11) is 0. The van der Waals surface area contributed by atoms with Crippen molar-refractivity contribution in [3.63, 3.8) is 0 Å². The van der Waals surface area contributed by atoms with Crippen molar-refractivity contribution < 1.29 is 0 Å². The zero-order valence-corrected chi connectivity index (χ0v) is 11.3. The van der Waals surface area contributed by atoms with Gasteiger partial charge in [-0.05, 0) is 23.8 Å². The SMILES string of the molecule is C=CCCC1CC(C)(C)/C(=C\Cl)B1CC=C. The number of allylic oxidation sites excluding steroid dienone is 3. The molecule has 1 aliphatic rings. The lowest BCUT2D eigenvalue weighted by Gasteiger charge is -2.20. The van der Waals surface area contributed by atoms with Gasteiger partial charge < -0.3 is 0 Å². The van der Waals surface area contributed by atoms with E-state index in [0.717, 1.165) is 18.6 Å². The smallest absolute Gasteiger partial charge is 0.104 e. The lowest BCUT2D eigenvalue weighted by molar-refractivity contribution is 0.432. The summed E-state index contributed by atoms with van der Waals surface area (Å²) in [6.45, 7) is 12.9. The fraction of sp³-hybridized carbons (Fsp3) is 0.571. The van der Waals surface area contributed by atoms with Crippen LogP contribution in [0.2, 0.25) is 12.1 Å². The summed E-state index contributed by atoms with van der Waals surface area (Å²) < 4.78 is 0. The first kappa shape index (κ1) is 13.6. The van der Waals surface area contributed by atoms with Crippen molar-refractivity contribution in [2.75, 3.05) is 0 Å². The van der Waals surface area contributed by atoms with E-state index in [9.17, 15) is 0 Å². The molecule has 1 rings (SSSR count). The van der Waals surface area contributed by atoms with E-state index in [1.54, 1.807) is 0 Å². The molecule has 0 nitrogen and oxygen atoms in total. The zero-order valence-electron chi connectivity index (χ0n) is 10.5. The van der Waals surface area contributed by atoms with Crippen molar-refractivity contribution in [2.24, 2.45) is 5.41 Å². The van der Waals surface area contributed by atoms with Gasteiger partial charge in [0.1, 0.15) is 0 Å². The fourth-order valence-corrected chi connectivity index (χ4v) is 3.49. The second-order valence-electron chi connectivity index (χ2n) is 5.41. The fourth-order valence-electron chi connectivity index (χ4n) is 3.03. The first-order valence-corrected chi connectivity index (χ1v) is 6.53. The normalized spacial score (nSPS) is 26.1. The second-order valence-corrected chi connectivity index (χ2v) is 5.63. The Morgan fingerprint density at radius 2 is 2.12 bits per heavy atom. The average Bonchev–Trinajstić information content (AvgIpc) is 2.47. The Balaban J connectivity index is 2.85. The average molecular weight is 237 g/mol. The molecule has 1 unspecified atom stereocenters. The third-order valence-electron chi connectivity index (χ3n) is 3.80. The van der Waals surface area contributed by atoms with Crippen molar-refractivity contribution in [3.05, 3.63) is 36.3 Å². The topological polar surface area (TPSA) is 0 Å². The zero-order chi connectivity index (χ0) is 12.2. The largest absolute Gasteiger partial charge is 0.179 e. The molecule has 0 N–H and O–H groups in total. The third-order valence-corrected chi connectivity index (χ3v) is 4.04. The van der Waals surface area contributed by atoms with Crippen LogP contribution in [0.25, 0.3) is 0 Å². The standard InChI is InChI=1S/C14H22BCl/c1-5-7-8-12-10-14(3,4)13(11-16)15(12)9-6-2/h5-6,11-12H,1-2,7-10H2,3-4H3/b13-11+. The summed E-state index contributed by atoms with van der Waals surface area (Å²) in [6, 6.07) is 0. The Morgan fingerprint density at radius 3 is 2.62 bits per heavy atom. The highest BCUT2D eigenvalue weighted by Crippen LogP contribution is 2.51. The van der Waals surface area contributed by atoms with Gasteiger partial charge in [-0.25, -0.2) is 0 Å². The van der Waals surface area contributed by atoms with Gasteiger partial charge in [0, 0.05) is 0 Å². The predicted octanol–water partition coefficient (Wildman–Crippen LogP) is 5.10. The van der Waals surface area contributed by atoms with Crippen LogP contribution in [0.15, 0.2) is 36.3 Å². The molecular formula is C14H22BCl. The van der Waals surface area contributed by atoms with Crippen molar-refractivity contribution in [2.45, 2.75) is 45.2 Å². The minimum absolute atomic E-state index is 0.251. The van der Waals surface area contributed by atoms with E-state index < -0.39 is 0 Å². The highest BCUT2D eigenvalue weighted by atomic mass is 35.5. The lowest BCUT2D eigenvalue weighted by atomic mass is 9.37. The van der Waals surface area contributed by atoms with Gasteiger partial charge in [0.2, 0.25) is 0 Å². The van der Waals surface area contributed by atoms with Crippen LogP contribution in [0.3, 0.4) is 0 Å². The third kappa shape index (κ3) is 2.82. The minimum Gasteiger partial charge on any atom is -0.104 e. The van der Waals surface area contributed by atoms with E-state index in [1.165, 1.54) is 18.3 Å². The van der Waals surface area contributed by atoms with Gasteiger partial charge in [0.05, 0.1) is 0 Å². The van der Waals surface area contributed by atoms with Crippen LogP contribution in [0.4, 0.5) is 0 Å². The van der Waals surface area contributed by atoms with Gasteiger partial charge in [-0.2, -0.15) is 0 Å². The van der Waals surface area contributed by atoms with E-state index in [2.05, 4.69) is 27.0 Å². The maximum atomic E-state index is 6.01. The Labute approximate surface area is 106 Å². The van der Waals surface area contributed by atoms with Gasteiger partial charge in [-0.1, -0.05) is 61.6 Å². The van der Waals surface area contributed by atoms with E-state index >= 15 is 0 Å². The Kier molecular flexibility index (Phi) is 4.92. The van der Waals surface area contributed by atoms with E-state index in [0.29, 0.717) is 6.71 Å². The molecule has 0 aliphatic carbocycles. The molecule has 0 bridgehead atoms. The monoisotopic (exact) mass is 236 g/mol. The summed E-state index contributed by atoms with van der Waals surface area (Å²) in [5, 5.41) is 0. The quantitative estimate of drug-likeness (QED) is 0.460. The van der Waals surface area contributed by atoms with Crippen molar-refractivity contribution in [1.82, 2.24) is 0 Å². The maximum Gasteiger partial charge on any atom is 0.179 e. The number of hydrogen-bond acceptors (Lipinski definition) is 0. The Hall–Kier alpha value is -0.425. The van der Waals surface area contributed by atoms with Crippen LogP contribution in [0.1, 0.15) is 33.1 Å². The molecule has 0 aromatic heterocycles. The summed E-state index contributed by atoms with van der Waals surface area (Å²) in [5.74, 6) is 0.732. The van der Waals surface area contributed by atoms with Crippen molar-refractivity contribution in [3.8, 4) is 0 Å². The van der Waals surface area contributed by atoms with Crippen LogP contribution in [0.5, 0.6) is 0 Å². The molecule has 1 atom stereocenters. The molecule has 0 amide bonds. The number of halogens is 1. The maximum absolute atomic E-state index is 6.01. The van der Waals surface area contributed by atoms with Crippen LogP contribution >= 0.6 is 11.6 Å². The molecule has 2 heteroatoms. The highest BCUT2D eigenvalue weighted by molar-refractivity contribution is 6.70. The summed E-state index contributed by atoms with van der Waals surface area (Å²) >= 11 is 6.01. The van der Waals surface area contributed by atoms with Crippen LogP contribution in [-0.2, 0) is 0 Å². The molecule has 0 saturated carbocycles. The molecular weight excluding hydrogens is 214 g/mol. The van der Waals surface area contributed by atoms with Gasteiger partial charge >= 0.3 is 0 Å². The molecule has 0 aromatic carbocycles. The first-order valence-electron chi connectivity index (χ1n) is 6.09. The van der Waals surface area contributed by atoms with Crippen LogP contribution in [-0.4, -0.2) is 6.71 Å². The molecule has 1 aliphatic heterocycles. The summed E-state index contributed by atoms with van der Waals surface area (Å²) in [6.07, 6.45) is 8.64.